The average Bonchev–Trinajstić information content (AvgIpc) is 2.76. The Morgan fingerprint density at radius 1 is 1.21 bits per heavy atom. The molecule has 3 aromatic rings. The zero-order chi connectivity index (χ0) is 13.4. The number of benzene rings is 1. The minimum atomic E-state index is 0.554. The highest BCUT2D eigenvalue weighted by molar-refractivity contribution is 7.17. The van der Waals surface area contributed by atoms with Crippen LogP contribution in [0.2, 0.25) is 0 Å². The summed E-state index contributed by atoms with van der Waals surface area (Å²) in [5, 5.41) is 2.05. The first-order chi connectivity index (χ1) is 9.15. The number of ether oxygens (including phenoxy) is 1. The van der Waals surface area contributed by atoms with Gasteiger partial charge in [-0.15, -0.1) is 11.3 Å². The van der Waals surface area contributed by atoms with Crippen molar-refractivity contribution in [3.63, 3.8) is 0 Å². The van der Waals surface area contributed by atoms with Crippen molar-refractivity contribution in [3.8, 4) is 11.6 Å². The van der Waals surface area contributed by atoms with E-state index in [9.17, 15) is 0 Å². The molecule has 0 amide bonds. The van der Waals surface area contributed by atoms with Gasteiger partial charge in [-0.05, 0) is 42.5 Å². The Hall–Kier alpha value is -2.14. The highest BCUT2D eigenvalue weighted by Gasteiger charge is 2.11. The molecule has 2 N–H and O–H groups in total. The molecule has 1 aromatic carbocycles. The summed E-state index contributed by atoms with van der Waals surface area (Å²) in [5.41, 5.74) is 9.73. The van der Waals surface area contributed by atoms with Crippen LogP contribution >= 0.6 is 11.3 Å². The molecule has 4 nitrogen and oxygen atoms in total. The third-order valence-electron chi connectivity index (χ3n) is 2.87. The van der Waals surface area contributed by atoms with Crippen LogP contribution < -0.4 is 10.5 Å². The monoisotopic (exact) mass is 271 g/mol. The summed E-state index contributed by atoms with van der Waals surface area (Å²) in [6, 6.07) is 5.70. The van der Waals surface area contributed by atoms with Crippen molar-refractivity contribution >= 4 is 27.2 Å². The number of hydrogen-bond donors (Lipinski definition) is 1. The highest BCUT2D eigenvalue weighted by Crippen LogP contribution is 2.34. The number of aryl methyl sites for hydroxylation is 2. The van der Waals surface area contributed by atoms with Crippen LogP contribution in [0.3, 0.4) is 0 Å². The predicted octanol–water partition coefficient (Wildman–Crippen LogP) is 3.68. The Kier molecular flexibility index (Phi) is 2.83. The fraction of sp³-hybridized carbons (Fsp3) is 0.143. The Balaban J connectivity index is 2.06. The SMILES string of the molecule is Cc1ccc(Oc2ncnc3c(C)csc23)c(N)c1. The van der Waals surface area contributed by atoms with E-state index in [0.29, 0.717) is 17.3 Å². The van der Waals surface area contributed by atoms with Gasteiger partial charge in [0.15, 0.2) is 5.75 Å². The fourth-order valence-electron chi connectivity index (χ4n) is 1.89. The number of nitrogens with zero attached hydrogens (tertiary/aromatic N) is 2. The Morgan fingerprint density at radius 2 is 2.05 bits per heavy atom. The summed E-state index contributed by atoms with van der Waals surface area (Å²) < 4.78 is 6.77. The number of rotatable bonds is 2. The van der Waals surface area contributed by atoms with Gasteiger partial charge in [-0.3, -0.25) is 0 Å². The van der Waals surface area contributed by atoms with Crippen molar-refractivity contribution < 1.29 is 4.74 Å². The highest BCUT2D eigenvalue weighted by atomic mass is 32.1. The molecule has 2 aromatic heterocycles. The number of fused-ring (bicyclic) bond motifs is 1. The number of nitrogen functional groups attached to an aromatic ring is 1. The molecule has 19 heavy (non-hydrogen) atoms. The van der Waals surface area contributed by atoms with Gasteiger partial charge in [0.05, 0.1) is 11.2 Å². The third kappa shape index (κ3) is 2.13. The molecule has 5 heteroatoms. The van der Waals surface area contributed by atoms with Gasteiger partial charge >= 0.3 is 0 Å². The first-order valence-electron chi connectivity index (χ1n) is 5.88. The van der Waals surface area contributed by atoms with Crippen LogP contribution in [-0.4, -0.2) is 9.97 Å². The summed E-state index contributed by atoms with van der Waals surface area (Å²) in [4.78, 5) is 8.47. The zero-order valence-corrected chi connectivity index (χ0v) is 11.5. The van der Waals surface area contributed by atoms with Crippen LogP contribution in [0.5, 0.6) is 11.6 Å². The van der Waals surface area contributed by atoms with Crippen LogP contribution in [0.15, 0.2) is 29.9 Å². The molecule has 0 unspecified atom stereocenters. The van der Waals surface area contributed by atoms with Crippen molar-refractivity contribution in [2.75, 3.05) is 5.73 Å². The molecule has 0 aliphatic heterocycles. The van der Waals surface area contributed by atoms with Gasteiger partial charge in [0, 0.05) is 0 Å². The molecule has 0 saturated heterocycles. The molecule has 0 bridgehead atoms. The topological polar surface area (TPSA) is 61.0 Å². The maximum absolute atomic E-state index is 5.95. The van der Waals surface area contributed by atoms with Gasteiger partial charge in [0.25, 0.3) is 0 Å². The van der Waals surface area contributed by atoms with E-state index >= 15 is 0 Å². The maximum atomic E-state index is 5.95. The lowest BCUT2D eigenvalue weighted by molar-refractivity contribution is 0.471. The van der Waals surface area contributed by atoms with E-state index in [-0.39, 0.29) is 0 Å². The average molecular weight is 271 g/mol. The van der Waals surface area contributed by atoms with Crippen LogP contribution in [0, 0.1) is 13.8 Å². The van der Waals surface area contributed by atoms with E-state index in [4.69, 9.17) is 10.5 Å². The number of nitrogens with two attached hydrogens (primary N) is 1. The summed E-state index contributed by atoms with van der Waals surface area (Å²) in [5.74, 6) is 1.18. The Morgan fingerprint density at radius 3 is 2.84 bits per heavy atom. The van der Waals surface area contributed by atoms with E-state index in [1.807, 2.05) is 37.4 Å². The maximum Gasteiger partial charge on any atom is 0.240 e. The minimum absolute atomic E-state index is 0.554. The Bertz CT molecular complexity index is 752. The van der Waals surface area contributed by atoms with Crippen LogP contribution in [0.4, 0.5) is 5.69 Å². The predicted molar refractivity (Wildman–Crippen MR) is 77.8 cm³/mol. The van der Waals surface area contributed by atoms with Gasteiger partial charge in [-0.1, -0.05) is 6.07 Å². The van der Waals surface area contributed by atoms with E-state index in [0.717, 1.165) is 21.3 Å². The summed E-state index contributed by atoms with van der Waals surface area (Å²) in [6.07, 6.45) is 1.52. The van der Waals surface area contributed by atoms with Crippen molar-refractivity contribution in [2.45, 2.75) is 13.8 Å². The standard InChI is InChI=1S/C14H13N3OS/c1-8-3-4-11(10(15)5-8)18-14-13-12(16-7-17-14)9(2)6-19-13/h3-7H,15H2,1-2H3. The molecular formula is C14H13N3OS. The number of aromatic nitrogens is 2. The smallest absolute Gasteiger partial charge is 0.240 e. The first-order valence-corrected chi connectivity index (χ1v) is 6.76. The lowest BCUT2D eigenvalue weighted by atomic mass is 10.2. The number of hydrogen-bond acceptors (Lipinski definition) is 5. The normalized spacial score (nSPS) is 10.8. The third-order valence-corrected chi connectivity index (χ3v) is 3.95. The molecule has 0 spiro atoms. The lowest BCUT2D eigenvalue weighted by Gasteiger charge is -2.08. The molecule has 0 aliphatic rings. The van der Waals surface area contributed by atoms with Gasteiger partial charge in [-0.2, -0.15) is 0 Å². The molecule has 0 saturated carbocycles. The fourth-order valence-corrected chi connectivity index (χ4v) is 2.81. The van der Waals surface area contributed by atoms with Crippen molar-refractivity contribution in [2.24, 2.45) is 0 Å². The first kappa shape index (κ1) is 11.9. The van der Waals surface area contributed by atoms with E-state index in [2.05, 4.69) is 9.97 Å². The molecule has 96 valence electrons. The molecule has 0 aliphatic carbocycles. The molecule has 3 rings (SSSR count). The second-order valence-corrected chi connectivity index (χ2v) is 5.30. The summed E-state index contributed by atoms with van der Waals surface area (Å²) >= 11 is 1.58. The molecule has 0 atom stereocenters. The van der Waals surface area contributed by atoms with Gasteiger partial charge in [0.1, 0.15) is 11.0 Å². The second kappa shape index (κ2) is 4.51. The van der Waals surface area contributed by atoms with Gasteiger partial charge in [-0.25, -0.2) is 9.97 Å². The number of anilines is 1. The van der Waals surface area contributed by atoms with Gasteiger partial charge < -0.3 is 10.5 Å². The molecular weight excluding hydrogens is 258 g/mol. The molecule has 2 heterocycles. The quantitative estimate of drug-likeness (QED) is 0.722. The minimum Gasteiger partial charge on any atom is -0.435 e. The largest absolute Gasteiger partial charge is 0.435 e. The van der Waals surface area contributed by atoms with Crippen molar-refractivity contribution in [1.82, 2.24) is 9.97 Å². The lowest BCUT2D eigenvalue weighted by Crippen LogP contribution is -1.94. The van der Waals surface area contributed by atoms with Crippen molar-refractivity contribution in [1.29, 1.82) is 0 Å². The summed E-state index contributed by atoms with van der Waals surface area (Å²) in [7, 11) is 0. The van der Waals surface area contributed by atoms with Crippen molar-refractivity contribution in [3.05, 3.63) is 41.0 Å². The van der Waals surface area contributed by atoms with Gasteiger partial charge in [0.2, 0.25) is 5.88 Å². The zero-order valence-electron chi connectivity index (χ0n) is 10.7. The van der Waals surface area contributed by atoms with Crippen LogP contribution in [-0.2, 0) is 0 Å². The van der Waals surface area contributed by atoms with E-state index in [1.54, 1.807) is 11.3 Å². The van der Waals surface area contributed by atoms with E-state index < -0.39 is 0 Å². The molecule has 0 fully saturated rings. The van der Waals surface area contributed by atoms with E-state index in [1.165, 1.54) is 6.33 Å². The van der Waals surface area contributed by atoms with Crippen LogP contribution in [0.1, 0.15) is 11.1 Å². The summed E-state index contributed by atoms with van der Waals surface area (Å²) in [6.45, 7) is 4.02. The Labute approximate surface area is 114 Å². The number of thiophene rings is 1. The second-order valence-electron chi connectivity index (χ2n) is 4.42. The van der Waals surface area contributed by atoms with Crippen LogP contribution in [0.25, 0.3) is 10.2 Å². The molecule has 0 radical (unpaired) electrons.